The average molecular weight is 226 g/mol. The number of amides is 1. The maximum Gasteiger partial charge on any atom is 0.355 e. The van der Waals surface area contributed by atoms with Gasteiger partial charge in [-0.3, -0.25) is 4.79 Å². The number of aliphatic imine (C=N–C) groups is 1. The van der Waals surface area contributed by atoms with Crippen molar-refractivity contribution >= 4 is 28.8 Å². The minimum atomic E-state index is -0.387. The number of rotatable bonds is 1. The van der Waals surface area contributed by atoms with Crippen molar-refractivity contribution in [3.05, 3.63) is 11.1 Å². The molecule has 0 bridgehead atoms. The molecule has 0 aromatic carbocycles. The third-order valence-corrected chi connectivity index (χ3v) is 3.05. The zero-order valence-electron chi connectivity index (χ0n) is 8.23. The number of ether oxygens (including phenoxy) is 1. The highest BCUT2D eigenvalue weighted by molar-refractivity contribution is 8.16. The van der Waals surface area contributed by atoms with Crippen molar-refractivity contribution in [1.29, 1.82) is 0 Å². The molecular formula is C9H10N2O3S. The van der Waals surface area contributed by atoms with E-state index in [9.17, 15) is 9.59 Å². The third-order valence-electron chi connectivity index (χ3n) is 2.18. The van der Waals surface area contributed by atoms with E-state index in [0.717, 1.165) is 0 Å². The van der Waals surface area contributed by atoms with Crippen LogP contribution in [-0.2, 0) is 14.3 Å². The monoisotopic (exact) mass is 226 g/mol. The molecule has 0 unspecified atom stereocenters. The highest BCUT2D eigenvalue weighted by atomic mass is 32.2. The van der Waals surface area contributed by atoms with E-state index >= 15 is 0 Å². The van der Waals surface area contributed by atoms with Crippen molar-refractivity contribution in [2.24, 2.45) is 4.99 Å². The van der Waals surface area contributed by atoms with Crippen molar-refractivity contribution in [3.8, 4) is 0 Å². The van der Waals surface area contributed by atoms with Gasteiger partial charge < -0.3 is 9.64 Å². The van der Waals surface area contributed by atoms with Crippen LogP contribution in [0.15, 0.2) is 16.1 Å². The van der Waals surface area contributed by atoms with Crippen molar-refractivity contribution in [2.75, 3.05) is 13.7 Å². The number of fused-ring (bicyclic) bond motifs is 1. The minimum absolute atomic E-state index is 0.125. The Hall–Kier alpha value is -1.30. The molecule has 80 valence electrons. The number of nitrogens with zero attached hydrogens (tertiary/aromatic N) is 2. The van der Waals surface area contributed by atoms with Crippen molar-refractivity contribution < 1.29 is 14.3 Å². The number of carbonyl (C=O) groups excluding carboxylic acids is 2. The maximum atomic E-state index is 11.4. The Balaban J connectivity index is 2.23. The van der Waals surface area contributed by atoms with Gasteiger partial charge in [0.2, 0.25) is 5.91 Å². The summed E-state index contributed by atoms with van der Waals surface area (Å²) in [6.07, 6.45) is 1.15. The normalized spacial score (nSPS) is 20.3. The maximum absolute atomic E-state index is 11.4. The first-order chi connectivity index (χ1) is 7.22. The Kier molecular flexibility index (Phi) is 2.77. The number of carbonyl (C=O) groups is 2. The van der Waals surface area contributed by atoms with E-state index in [1.54, 1.807) is 10.3 Å². The number of hydrogen-bond acceptors (Lipinski definition) is 5. The smallest absolute Gasteiger partial charge is 0.355 e. The highest BCUT2D eigenvalue weighted by Gasteiger charge is 2.30. The number of thioether (sulfide) groups is 1. The largest absolute Gasteiger partial charge is 0.464 e. The summed E-state index contributed by atoms with van der Waals surface area (Å²) in [5, 5.41) is 2.25. The molecule has 5 nitrogen and oxygen atoms in total. The molecule has 0 radical (unpaired) electrons. The summed E-state index contributed by atoms with van der Waals surface area (Å²) in [6, 6.07) is 0. The fourth-order valence-corrected chi connectivity index (χ4v) is 2.37. The zero-order valence-corrected chi connectivity index (χ0v) is 9.04. The van der Waals surface area contributed by atoms with E-state index < -0.39 is 0 Å². The van der Waals surface area contributed by atoms with Crippen LogP contribution in [0.4, 0.5) is 0 Å². The van der Waals surface area contributed by atoms with Crippen LogP contribution in [0.2, 0.25) is 0 Å². The molecule has 0 N–H and O–H groups in total. The first-order valence-corrected chi connectivity index (χ1v) is 5.44. The molecule has 0 aromatic rings. The molecule has 2 heterocycles. The van der Waals surface area contributed by atoms with Crippen LogP contribution in [0.25, 0.3) is 0 Å². The van der Waals surface area contributed by atoms with Gasteiger partial charge >= 0.3 is 5.97 Å². The SMILES string of the molecule is COC(=O)C1=CSC2=NC(=O)CCCN12. The Morgan fingerprint density at radius 1 is 1.67 bits per heavy atom. The summed E-state index contributed by atoms with van der Waals surface area (Å²) in [4.78, 5) is 28.2. The molecule has 15 heavy (non-hydrogen) atoms. The molecule has 0 fully saturated rings. The van der Waals surface area contributed by atoms with E-state index in [1.807, 2.05) is 0 Å². The Morgan fingerprint density at radius 2 is 2.47 bits per heavy atom. The standard InChI is InChI=1S/C9H10N2O3S/c1-14-8(13)6-5-15-9-10-7(12)3-2-4-11(6)9/h5H,2-4H2,1H3. The van der Waals surface area contributed by atoms with Crippen molar-refractivity contribution in [3.63, 3.8) is 0 Å². The molecule has 6 heteroatoms. The predicted molar refractivity (Wildman–Crippen MR) is 56.1 cm³/mol. The van der Waals surface area contributed by atoms with Crippen LogP contribution in [0, 0.1) is 0 Å². The molecule has 0 saturated heterocycles. The molecule has 1 amide bonds. The van der Waals surface area contributed by atoms with Gasteiger partial charge in [-0.05, 0) is 6.42 Å². The van der Waals surface area contributed by atoms with Crippen LogP contribution >= 0.6 is 11.8 Å². The summed E-state index contributed by atoms with van der Waals surface area (Å²) in [5.74, 6) is -0.512. The molecule has 2 rings (SSSR count). The first kappa shape index (κ1) is 10.2. The second kappa shape index (κ2) is 4.06. The average Bonchev–Trinajstić information content (AvgIpc) is 2.52. The lowest BCUT2D eigenvalue weighted by atomic mass is 10.3. The van der Waals surface area contributed by atoms with Gasteiger partial charge in [0.1, 0.15) is 5.70 Å². The summed E-state index contributed by atoms with van der Waals surface area (Å²) >= 11 is 1.29. The van der Waals surface area contributed by atoms with Gasteiger partial charge in [0.05, 0.1) is 7.11 Å². The predicted octanol–water partition coefficient (Wildman–Crippen LogP) is 0.726. The van der Waals surface area contributed by atoms with Gasteiger partial charge in [-0.25, -0.2) is 4.79 Å². The molecule has 0 saturated carbocycles. The molecule has 0 atom stereocenters. The van der Waals surface area contributed by atoms with E-state index in [0.29, 0.717) is 30.3 Å². The quantitative estimate of drug-likeness (QED) is 0.617. The van der Waals surface area contributed by atoms with Crippen LogP contribution in [0.3, 0.4) is 0 Å². The van der Waals surface area contributed by atoms with E-state index in [1.165, 1.54) is 18.9 Å². The summed E-state index contributed by atoms with van der Waals surface area (Å²) in [5.41, 5.74) is 0.468. The molecular weight excluding hydrogens is 216 g/mol. The molecule has 0 aliphatic carbocycles. The Bertz CT molecular complexity index is 376. The van der Waals surface area contributed by atoms with Crippen molar-refractivity contribution in [1.82, 2.24) is 4.90 Å². The van der Waals surface area contributed by atoms with E-state index in [2.05, 4.69) is 9.73 Å². The van der Waals surface area contributed by atoms with Crippen LogP contribution < -0.4 is 0 Å². The van der Waals surface area contributed by atoms with Gasteiger partial charge in [-0.1, -0.05) is 11.8 Å². The minimum Gasteiger partial charge on any atom is -0.464 e. The molecule has 0 aromatic heterocycles. The number of esters is 1. The topological polar surface area (TPSA) is 59.0 Å². The Morgan fingerprint density at radius 3 is 3.20 bits per heavy atom. The lowest BCUT2D eigenvalue weighted by Gasteiger charge is -2.17. The second-order valence-electron chi connectivity index (χ2n) is 3.16. The van der Waals surface area contributed by atoms with E-state index in [4.69, 9.17) is 0 Å². The van der Waals surface area contributed by atoms with Crippen LogP contribution in [0.1, 0.15) is 12.8 Å². The van der Waals surface area contributed by atoms with E-state index in [-0.39, 0.29) is 11.9 Å². The molecule has 2 aliphatic rings. The summed E-state index contributed by atoms with van der Waals surface area (Å²) in [7, 11) is 1.34. The fraction of sp³-hybridized carbons (Fsp3) is 0.444. The van der Waals surface area contributed by atoms with Gasteiger partial charge in [0, 0.05) is 18.4 Å². The lowest BCUT2D eigenvalue weighted by Crippen LogP contribution is -2.28. The van der Waals surface area contributed by atoms with Gasteiger partial charge in [-0.15, -0.1) is 0 Å². The first-order valence-electron chi connectivity index (χ1n) is 4.56. The van der Waals surface area contributed by atoms with Crippen LogP contribution in [-0.4, -0.2) is 35.6 Å². The number of methoxy groups -OCH3 is 1. The fourth-order valence-electron chi connectivity index (χ4n) is 1.46. The Labute approximate surface area is 91.2 Å². The number of hydrogen-bond donors (Lipinski definition) is 0. The highest BCUT2D eigenvalue weighted by Crippen LogP contribution is 2.29. The number of amidine groups is 1. The third kappa shape index (κ3) is 1.90. The molecule has 2 aliphatic heterocycles. The summed E-state index contributed by atoms with van der Waals surface area (Å²) < 4.78 is 4.65. The summed E-state index contributed by atoms with van der Waals surface area (Å²) in [6.45, 7) is 0.637. The lowest BCUT2D eigenvalue weighted by molar-refractivity contribution is -0.137. The molecule has 0 spiro atoms. The second-order valence-corrected chi connectivity index (χ2v) is 3.99. The van der Waals surface area contributed by atoms with Gasteiger partial charge in [-0.2, -0.15) is 4.99 Å². The van der Waals surface area contributed by atoms with Gasteiger partial charge in [0.25, 0.3) is 0 Å². The van der Waals surface area contributed by atoms with Gasteiger partial charge in [0.15, 0.2) is 5.17 Å². The zero-order chi connectivity index (χ0) is 10.8. The van der Waals surface area contributed by atoms with Crippen molar-refractivity contribution in [2.45, 2.75) is 12.8 Å². The van der Waals surface area contributed by atoms with Crippen LogP contribution in [0.5, 0.6) is 0 Å².